The fraction of sp³-hybridized carbons (Fsp3) is 0. The maximum absolute atomic E-state index is 5.74. The lowest BCUT2D eigenvalue weighted by molar-refractivity contribution is 0.552. The summed E-state index contributed by atoms with van der Waals surface area (Å²) in [5.74, 6) is 0.815. The Kier molecular flexibility index (Phi) is 3.12. The van der Waals surface area contributed by atoms with Crippen LogP contribution >= 0.6 is 23.2 Å². The third kappa shape index (κ3) is 2.74. The predicted octanol–water partition coefficient (Wildman–Crippen LogP) is 3.53. The van der Waals surface area contributed by atoms with Crippen LogP contribution in [0.2, 0.25) is 5.02 Å². The van der Waals surface area contributed by atoms with E-state index in [4.69, 9.17) is 27.9 Å². The standard InChI is InChI=1S/C10H6Cl2N3O/c1-6-13-9(12)15-10(14-6)16-8-4-2-7(11)3-5-8/h2-5H,1H2/q-1. The molecule has 0 amide bonds. The number of ether oxygens (including phenoxy) is 1. The van der Waals surface area contributed by atoms with Crippen LogP contribution in [0.1, 0.15) is 0 Å². The largest absolute Gasteiger partial charge is 0.450 e. The van der Waals surface area contributed by atoms with E-state index >= 15 is 0 Å². The van der Waals surface area contributed by atoms with Gasteiger partial charge in [0.15, 0.2) is 6.02 Å². The van der Waals surface area contributed by atoms with E-state index in [1.54, 1.807) is 24.3 Å². The number of amidine groups is 2. The van der Waals surface area contributed by atoms with Crippen molar-refractivity contribution in [2.75, 3.05) is 0 Å². The topological polar surface area (TPSA) is 48.1 Å². The van der Waals surface area contributed by atoms with E-state index in [0.717, 1.165) is 0 Å². The van der Waals surface area contributed by atoms with Crippen LogP contribution in [0.3, 0.4) is 0 Å². The number of nitrogens with zero attached hydrogens (tertiary/aromatic N) is 3. The highest BCUT2D eigenvalue weighted by molar-refractivity contribution is 6.66. The number of halogens is 2. The van der Waals surface area contributed by atoms with E-state index < -0.39 is 0 Å². The molecule has 6 heteroatoms. The molecule has 0 N–H and O–H groups in total. The normalized spacial score (nSPS) is 15.0. The molecule has 0 saturated carbocycles. The summed E-state index contributed by atoms with van der Waals surface area (Å²) in [5, 5.41) is 4.55. The van der Waals surface area contributed by atoms with Crippen LogP contribution in [-0.2, 0) is 0 Å². The summed E-state index contributed by atoms with van der Waals surface area (Å²) >= 11 is 11.4. The van der Waals surface area contributed by atoms with Crippen LogP contribution in [-0.4, -0.2) is 11.3 Å². The van der Waals surface area contributed by atoms with E-state index in [9.17, 15) is 0 Å². The third-order valence-corrected chi connectivity index (χ3v) is 2.08. The van der Waals surface area contributed by atoms with Gasteiger partial charge in [-0.05, 0) is 24.3 Å². The highest BCUT2D eigenvalue weighted by Gasteiger charge is 2.02. The number of aliphatic imine (C=N–C) groups is 2. The van der Waals surface area contributed by atoms with Crippen LogP contribution in [0, 0.1) is 0 Å². The summed E-state index contributed by atoms with van der Waals surface area (Å²) in [6, 6.07) is 6.90. The fourth-order valence-corrected chi connectivity index (χ4v) is 1.32. The Morgan fingerprint density at radius 3 is 2.44 bits per heavy atom. The molecule has 0 atom stereocenters. The minimum Gasteiger partial charge on any atom is -0.450 e. The van der Waals surface area contributed by atoms with Gasteiger partial charge in [-0.1, -0.05) is 29.8 Å². The molecule has 1 aromatic rings. The maximum atomic E-state index is 5.74. The second kappa shape index (κ2) is 4.55. The van der Waals surface area contributed by atoms with Crippen molar-refractivity contribution in [3.63, 3.8) is 0 Å². The first-order valence-electron chi connectivity index (χ1n) is 4.30. The van der Waals surface area contributed by atoms with Crippen molar-refractivity contribution in [2.45, 2.75) is 0 Å². The van der Waals surface area contributed by atoms with E-state index in [2.05, 4.69) is 21.9 Å². The molecule has 16 heavy (non-hydrogen) atoms. The van der Waals surface area contributed by atoms with Gasteiger partial charge in [-0.25, -0.2) is 0 Å². The minimum atomic E-state index is 0.0453. The smallest absolute Gasteiger partial charge is 0.177 e. The Hall–Kier alpha value is -1.52. The summed E-state index contributed by atoms with van der Waals surface area (Å²) in [6.07, 6.45) is 0. The van der Waals surface area contributed by atoms with Crippen LogP contribution in [0.25, 0.3) is 5.32 Å². The first kappa shape index (κ1) is 11.0. The van der Waals surface area contributed by atoms with Crippen molar-refractivity contribution in [3.8, 4) is 5.75 Å². The molecule has 0 fully saturated rings. The lowest BCUT2D eigenvalue weighted by Crippen LogP contribution is -2.12. The van der Waals surface area contributed by atoms with Crippen LogP contribution in [0.4, 0.5) is 0 Å². The quantitative estimate of drug-likeness (QED) is 0.708. The molecule has 82 valence electrons. The Labute approximate surface area is 102 Å². The number of hydrogen-bond donors (Lipinski definition) is 0. The van der Waals surface area contributed by atoms with Gasteiger partial charge in [0, 0.05) is 10.8 Å². The molecule has 0 bridgehead atoms. The van der Waals surface area contributed by atoms with Crippen molar-refractivity contribution in [1.29, 1.82) is 0 Å². The Morgan fingerprint density at radius 1 is 1.12 bits per heavy atom. The molecular weight excluding hydrogens is 249 g/mol. The summed E-state index contributed by atoms with van der Waals surface area (Å²) in [6.45, 7) is 3.55. The molecule has 0 aromatic heterocycles. The maximum Gasteiger partial charge on any atom is 0.177 e. The second-order valence-electron chi connectivity index (χ2n) is 2.86. The second-order valence-corrected chi connectivity index (χ2v) is 3.63. The minimum absolute atomic E-state index is 0.0453. The average molecular weight is 255 g/mol. The van der Waals surface area contributed by atoms with Crippen LogP contribution in [0.5, 0.6) is 5.75 Å². The average Bonchev–Trinajstić information content (AvgIpc) is 2.20. The van der Waals surface area contributed by atoms with Gasteiger partial charge in [0.25, 0.3) is 0 Å². The van der Waals surface area contributed by atoms with Gasteiger partial charge in [-0.3, -0.25) is 0 Å². The molecule has 2 rings (SSSR count). The lowest BCUT2D eigenvalue weighted by atomic mass is 10.3. The highest BCUT2D eigenvalue weighted by atomic mass is 35.5. The molecular formula is C10H6Cl2N3O-. The molecule has 1 aliphatic rings. The van der Waals surface area contributed by atoms with Gasteiger partial charge in [-0.15, -0.1) is 0 Å². The first-order valence-corrected chi connectivity index (χ1v) is 5.06. The third-order valence-electron chi connectivity index (χ3n) is 1.66. The first-order chi connectivity index (χ1) is 7.63. The van der Waals surface area contributed by atoms with Gasteiger partial charge in [-0.2, -0.15) is 0 Å². The monoisotopic (exact) mass is 254 g/mol. The lowest BCUT2D eigenvalue weighted by Gasteiger charge is -2.21. The zero-order chi connectivity index (χ0) is 11.5. The van der Waals surface area contributed by atoms with Gasteiger partial charge < -0.3 is 20.0 Å². The highest BCUT2D eigenvalue weighted by Crippen LogP contribution is 2.20. The Bertz CT molecular complexity index is 479. The van der Waals surface area contributed by atoms with Gasteiger partial charge in [0.1, 0.15) is 5.75 Å². The van der Waals surface area contributed by atoms with Crippen molar-refractivity contribution < 1.29 is 4.74 Å². The molecule has 1 heterocycles. The molecule has 0 unspecified atom stereocenters. The van der Waals surface area contributed by atoms with E-state index in [-0.39, 0.29) is 17.1 Å². The molecule has 1 aromatic carbocycles. The molecule has 0 radical (unpaired) electrons. The molecule has 0 saturated heterocycles. The Balaban J connectivity index is 2.13. The van der Waals surface area contributed by atoms with E-state index in [0.29, 0.717) is 10.8 Å². The molecule has 4 nitrogen and oxygen atoms in total. The zero-order valence-corrected chi connectivity index (χ0v) is 9.53. The zero-order valence-electron chi connectivity index (χ0n) is 8.02. The van der Waals surface area contributed by atoms with Crippen molar-refractivity contribution in [1.82, 2.24) is 0 Å². The predicted molar refractivity (Wildman–Crippen MR) is 65.3 cm³/mol. The molecule has 1 aliphatic heterocycles. The summed E-state index contributed by atoms with van der Waals surface area (Å²) < 4.78 is 5.35. The van der Waals surface area contributed by atoms with Crippen LogP contribution in [0.15, 0.2) is 46.7 Å². The molecule has 0 aliphatic carbocycles. The fourth-order valence-electron chi connectivity index (χ4n) is 1.02. The van der Waals surface area contributed by atoms with E-state index in [1.165, 1.54) is 0 Å². The van der Waals surface area contributed by atoms with Crippen LogP contribution < -0.4 is 4.74 Å². The summed E-state index contributed by atoms with van der Waals surface area (Å²) in [4.78, 5) is 7.52. The van der Waals surface area contributed by atoms with E-state index in [1.807, 2.05) is 0 Å². The molecule has 0 spiro atoms. The van der Waals surface area contributed by atoms with Gasteiger partial charge >= 0.3 is 0 Å². The SMILES string of the molecule is C=C1N=C(Cl)N=C(Oc2ccc(Cl)cc2)[N-]1. The van der Waals surface area contributed by atoms with Gasteiger partial charge in [0.2, 0.25) is 0 Å². The van der Waals surface area contributed by atoms with Crippen molar-refractivity contribution in [2.24, 2.45) is 9.98 Å². The van der Waals surface area contributed by atoms with Crippen molar-refractivity contribution in [3.05, 3.63) is 47.0 Å². The van der Waals surface area contributed by atoms with Gasteiger partial charge in [0.05, 0.1) is 5.29 Å². The number of hydrogen-bond acceptors (Lipinski definition) is 3. The summed E-state index contributed by atoms with van der Waals surface area (Å²) in [5.41, 5.74) is 0. The summed E-state index contributed by atoms with van der Waals surface area (Å²) in [7, 11) is 0. The Morgan fingerprint density at radius 2 is 1.81 bits per heavy atom. The van der Waals surface area contributed by atoms with Crippen molar-refractivity contribution >= 4 is 34.5 Å². The number of rotatable bonds is 1. The number of benzene rings is 1.